The maximum absolute atomic E-state index is 2.58. The fraction of sp³-hybridized carbons (Fsp3) is 0.0145. The van der Waals surface area contributed by atoms with Crippen LogP contribution in [0.5, 0.6) is 0 Å². The fourth-order valence-corrected chi connectivity index (χ4v) is 11.5. The molecule has 70 heavy (non-hydrogen) atoms. The van der Waals surface area contributed by atoms with Crippen LogP contribution in [-0.2, 0) is 5.41 Å². The van der Waals surface area contributed by atoms with E-state index in [-0.39, 0.29) is 0 Å². The maximum Gasteiger partial charge on any atom is 0.0714 e. The molecule has 0 saturated heterocycles. The molecule has 1 nitrogen and oxygen atoms in total. The highest BCUT2D eigenvalue weighted by Gasteiger charge is 2.47. The smallest absolute Gasteiger partial charge is 0.0714 e. The zero-order chi connectivity index (χ0) is 46.4. The zero-order valence-corrected chi connectivity index (χ0v) is 38.6. The Bertz CT molecular complexity index is 3800. The molecule has 0 heterocycles. The molecule has 328 valence electrons. The van der Waals surface area contributed by atoms with Crippen molar-refractivity contribution in [2.45, 2.75) is 5.41 Å². The lowest BCUT2D eigenvalue weighted by atomic mass is 9.68. The van der Waals surface area contributed by atoms with Gasteiger partial charge in [0.15, 0.2) is 0 Å². The van der Waals surface area contributed by atoms with Crippen LogP contribution >= 0.6 is 0 Å². The third kappa shape index (κ3) is 6.70. The molecule has 1 aliphatic rings. The van der Waals surface area contributed by atoms with E-state index in [4.69, 9.17) is 0 Å². The molecule has 0 N–H and O–H groups in total. The lowest BCUT2D eigenvalue weighted by molar-refractivity contribution is 0.768. The van der Waals surface area contributed by atoms with E-state index >= 15 is 0 Å². The highest BCUT2D eigenvalue weighted by molar-refractivity contribution is 6.23. The first-order chi connectivity index (χ1) is 34.8. The van der Waals surface area contributed by atoms with Gasteiger partial charge < -0.3 is 4.90 Å². The van der Waals surface area contributed by atoms with Crippen molar-refractivity contribution in [3.8, 4) is 55.6 Å². The van der Waals surface area contributed by atoms with Crippen LogP contribution in [0.25, 0.3) is 77.2 Å². The molecule has 0 radical (unpaired) electrons. The van der Waals surface area contributed by atoms with E-state index in [1.165, 1.54) is 88.3 Å². The van der Waals surface area contributed by atoms with E-state index in [0.717, 1.165) is 28.2 Å². The molecule has 0 spiro atoms. The molecule has 0 amide bonds. The number of anilines is 3. The molecule has 0 bridgehead atoms. The molecule has 0 atom stereocenters. The Morgan fingerprint density at radius 2 is 0.671 bits per heavy atom. The molecule has 13 rings (SSSR count). The minimum atomic E-state index is -0.564. The number of hydrogen-bond acceptors (Lipinski definition) is 1. The summed E-state index contributed by atoms with van der Waals surface area (Å²) in [5.74, 6) is 0. The average Bonchev–Trinajstić information content (AvgIpc) is 3.76. The molecule has 1 aliphatic carbocycles. The molecule has 12 aromatic rings. The van der Waals surface area contributed by atoms with Crippen molar-refractivity contribution in [1.82, 2.24) is 0 Å². The minimum absolute atomic E-state index is 0.564. The van der Waals surface area contributed by atoms with Gasteiger partial charge in [-0.3, -0.25) is 0 Å². The SMILES string of the molecule is c1ccc(-c2ccc(-c3c(N(c4ccc(-c5cccc(-c6ccccc6)c5)cc4)c4cccc5c4-c4ccccc4C5(c4ccccc4)c4ccccc4)c4ccccc4c4ccccc34)cc2)cc1. The summed E-state index contributed by atoms with van der Waals surface area (Å²) in [6, 6.07) is 105. The Hall–Kier alpha value is -9.04. The predicted molar refractivity (Wildman–Crippen MR) is 295 cm³/mol. The Kier molecular flexibility index (Phi) is 10.1. The van der Waals surface area contributed by atoms with Crippen LogP contribution in [0.4, 0.5) is 17.1 Å². The second kappa shape index (κ2) is 17.2. The monoisotopic (exact) mass is 889 g/mol. The van der Waals surface area contributed by atoms with Crippen molar-refractivity contribution < 1.29 is 0 Å². The second-order valence-corrected chi connectivity index (χ2v) is 18.3. The van der Waals surface area contributed by atoms with Crippen LogP contribution in [0.3, 0.4) is 0 Å². The highest BCUT2D eigenvalue weighted by Crippen LogP contribution is 2.60. The van der Waals surface area contributed by atoms with Crippen molar-refractivity contribution in [3.63, 3.8) is 0 Å². The van der Waals surface area contributed by atoms with Gasteiger partial charge in [-0.15, -0.1) is 0 Å². The summed E-state index contributed by atoms with van der Waals surface area (Å²) in [4.78, 5) is 2.58. The molecule has 0 fully saturated rings. The van der Waals surface area contributed by atoms with Crippen LogP contribution in [0.15, 0.2) is 285 Å². The summed E-state index contributed by atoms with van der Waals surface area (Å²) in [6.45, 7) is 0. The summed E-state index contributed by atoms with van der Waals surface area (Å²) in [5, 5.41) is 4.84. The van der Waals surface area contributed by atoms with Gasteiger partial charge in [0, 0.05) is 22.2 Å². The van der Waals surface area contributed by atoms with Gasteiger partial charge in [0.2, 0.25) is 0 Å². The molecular weight excluding hydrogens is 843 g/mol. The summed E-state index contributed by atoms with van der Waals surface area (Å²) in [7, 11) is 0. The number of hydrogen-bond donors (Lipinski definition) is 0. The normalized spacial score (nSPS) is 12.4. The first kappa shape index (κ1) is 41.2. The fourth-order valence-electron chi connectivity index (χ4n) is 11.5. The molecule has 0 aliphatic heterocycles. The maximum atomic E-state index is 2.58. The van der Waals surface area contributed by atoms with Crippen LogP contribution < -0.4 is 4.90 Å². The van der Waals surface area contributed by atoms with E-state index in [1.54, 1.807) is 0 Å². The van der Waals surface area contributed by atoms with Crippen molar-refractivity contribution in [2.24, 2.45) is 0 Å². The molecule has 0 unspecified atom stereocenters. The topological polar surface area (TPSA) is 3.24 Å². The van der Waals surface area contributed by atoms with Gasteiger partial charge in [0.05, 0.1) is 16.8 Å². The van der Waals surface area contributed by atoms with E-state index in [0.29, 0.717) is 0 Å². The highest BCUT2D eigenvalue weighted by atomic mass is 15.2. The lowest BCUT2D eigenvalue weighted by Gasteiger charge is -2.35. The van der Waals surface area contributed by atoms with E-state index in [9.17, 15) is 0 Å². The Morgan fingerprint density at radius 1 is 0.257 bits per heavy atom. The summed E-state index contributed by atoms with van der Waals surface area (Å²) >= 11 is 0. The first-order valence-electron chi connectivity index (χ1n) is 24.3. The number of rotatable bonds is 9. The van der Waals surface area contributed by atoms with E-state index in [1.807, 2.05) is 0 Å². The van der Waals surface area contributed by atoms with Gasteiger partial charge in [0.25, 0.3) is 0 Å². The summed E-state index contributed by atoms with van der Waals surface area (Å²) in [6.07, 6.45) is 0. The van der Waals surface area contributed by atoms with E-state index in [2.05, 4.69) is 290 Å². The number of benzene rings is 12. The lowest BCUT2D eigenvalue weighted by Crippen LogP contribution is -2.28. The second-order valence-electron chi connectivity index (χ2n) is 18.3. The zero-order valence-electron chi connectivity index (χ0n) is 38.6. The minimum Gasteiger partial charge on any atom is -0.309 e. The van der Waals surface area contributed by atoms with Crippen LogP contribution in [0.2, 0.25) is 0 Å². The average molecular weight is 890 g/mol. The third-order valence-electron chi connectivity index (χ3n) is 14.5. The Balaban J connectivity index is 1.12. The Morgan fingerprint density at radius 3 is 1.30 bits per heavy atom. The van der Waals surface area contributed by atoms with Gasteiger partial charge >= 0.3 is 0 Å². The Labute approximate surface area is 409 Å². The van der Waals surface area contributed by atoms with Gasteiger partial charge in [-0.25, -0.2) is 0 Å². The standard InChI is InChI=1S/C69H47N/c1-5-21-48(22-6-1)50-39-41-52(42-40-50)66-60-33-15-13-31-58(60)59-32-14-16-34-61(59)68(66)70(57-45-43-51(44-46-57)54-26-19-25-53(47-54)49-23-7-2-8-24-49)65-38-20-37-64-67(65)62-35-17-18-36-63(62)69(64,55-27-9-3-10-28-55)56-29-11-4-12-30-56/h1-47H. The summed E-state index contributed by atoms with van der Waals surface area (Å²) in [5.41, 5.74) is 19.8. The van der Waals surface area contributed by atoms with Gasteiger partial charge in [0.1, 0.15) is 0 Å². The van der Waals surface area contributed by atoms with Crippen molar-refractivity contribution >= 4 is 38.6 Å². The molecule has 12 aromatic carbocycles. The summed E-state index contributed by atoms with van der Waals surface area (Å²) < 4.78 is 0. The van der Waals surface area contributed by atoms with Gasteiger partial charge in [-0.2, -0.15) is 0 Å². The first-order valence-corrected chi connectivity index (χ1v) is 24.3. The quantitative estimate of drug-likeness (QED) is 0.131. The van der Waals surface area contributed by atoms with E-state index < -0.39 is 5.41 Å². The van der Waals surface area contributed by atoms with Crippen molar-refractivity contribution in [2.75, 3.05) is 4.90 Å². The van der Waals surface area contributed by atoms with Crippen LogP contribution in [0.1, 0.15) is 22.3 Å². The number of fused-ring (bicyclic) bond motifs is 6. The van der Waals surface area contributed by atoms with Gasteiger partial charge in [-0.05, 0) is 107 Å². The number of nitrogens with zero attached hydrogens (tertiary/aromatic N) is 1. The van der Waals surface area contributed by atoms with Crippen molar-refractivity contribution in [3.05, 3.63) is 307 Å². The largest absolute Gasteiger partial charge is 0.309 e. The van der Waals surface area contributed by atoms with Crippen LogP contribution in [0, 0.1) is 0 Å². The molecular formula is C69H47N. The molecule has 0 aromatic heterocycles. The van der Waals surface area contributed by atoms with Crippen molar-refractivity contribution in [1.29, 1.82) is 0 Å². The predicted octanol–water partition coefficient (Wildman–Crippen LogP) is 18.5. The van der Waals surface area contributed by atoms with Gasteiger partial charge in [-0.1, -0.05) is 261 Å². The molecule has 1 heteroatoms. The molecule has 0 saturated carbocycles. The van der Waals surface area contributed by atoms with Crippen LogP contribution in [-0.4, -0.2) is 0 Å². The third-order valence-corrected chi connectivity index (χ3v) is 14.5.